The van der Waals surface area contributed by atoms with Gasteiger partial charge in [0.1, 0.15) is 17.4 Å². The molecule has 102 valence electrons. The van der Waals surface area contributed by atoms with Crippen molar-refractivity contribution in [2.24, 2.45) is 0 Å². The van der Waals surface area contributed by atoms with Crippen LogP contribution in [0.4, 0.5) is 0 Å². The van der Waals surface area contributed by atoms with Gasteiger partial charge >= 0.3 is 0 Å². The fourth-order valence-electron chi connectivity index (χ4n) is 1.70. The highest BCUT2D eigenvalue weighted by Gasteiger charge is 2.21. The number of hydrogen-bond donors (Lipinski definition) is 1. The van der Waals surface area contributed by atoms with E-state index in [2.05, 4.69) is 40.1 Å². The van der Waals surface area contributed by atoms with Crippen LogP contribution >= 0.6 is 27.3 Å². The van der Waals surface area contributed by atoms with Crippen molar-refractivity contribution in [3.8, 4) is 5.75 Å². The van der Waals surface area contributed by atoms with Crippen molar-refractivity contribution in [3.05, 3.63) is 45.3 Å². The minimum absolute atomic E-state index is 0.116. The van der Waals surface area contributed by atoms with Crippen molar-refractivity contribution in [2.45, 2.75) is 19.4 Å². The van der Waals surface area contributed by atoms with Gasteiger partial charge in [0, 0.05) is 22.6 Å². The van der Waals surface area contributed by atoms with Crippen LogP contribution in [0.5, 0.6) is 5.75 Å². The third-order valence-electron chi connectivity index (χ3n) is 2.70. The van der Waals surface area contributed by atoms with Crippen molar-refractivity contribution >= 4 is 27.3 Å². The Morgan fingerprint density at radius 1 is 1.42 bits per heavy atom. The number of benzene rings is 1. The molecular formula is C14H17BrN2OS. The van der Waals surface area contributed by atoms with E-state index in [4.69, 9.17) is 4.74 Å². The molecule has 0 saturated heterocycles. The van der Waals surface area contributed by atoms with Crippen LogP contribution in [0.15, 0.2) is 40.3 Å². The standard InChI is InChI=1S/C14H17BrN2OS/c1-14(2,13-16-7-9-19-13)17-6-8-18-12-5-3-4-11(15)10-12/h3-5,7,9-10,17H,6,8H2,1-2H3. The van der Waals surface area contributed by atoms with Gasteiger partial charge in [0.25, 0.3) is 0 Å². The van der Waals surface area contributed by atoms with Crippen LogP contribution < -0.4 is 10.1 Å². The molecule has 0 unspecified atom stereocenters. The van der Waals surface area contributed by atoms with Crippen LogP contribution in [0, 0.1) is 0 Å². The van der Waals surface area contributed by atoms with Gasteiger partial charge in [-0.3, -0.25) is 0 Å². The summed E-state index contributed by atoms with van der Waals surface area (Å²) in [6, 6.07) is 7.87. The zero-order chi connectivity index (χ0) is 13.7. The van der Waals surface area contributed by atoms with E-state index in [1.807, 2.05) is 35.8 Å². The summed E-state index contributed by atoms with van der Waals surface area (Å²) in [6.45, 7) is 5.67. The summed E-state index contributed by atoms with van der Waals surface area (Å²) in [7, 11) is 0. The molecule has 1 N–H and O–H groups in total. The van der Waals surface area contributed by atoms with Crippen LogP contribution in [-0.4, -0.2) is 18.1 Å². The maximum absolute atomic E-state index is 5.69. The van der Waals surface area contributed by atoms with Crippen LogP contribution in [0.2, 0.25) is 0 Å². The lowest BCUT2D eigenvalue weighted by Gasteiger charge is -2.23. The molecule has 0 aliphatic heterocycles. The second-order valence-corrected chi connectivity index (χ2v) is 6.51. The lowest BCUT2D eigenvalue weighted by Crippen LogP contribution is -2.38. The van der Waals surface area contributed by atoms with Crippen molar-refractivity contribution in [2.75, 3.05) is 13.2 Å². The zero-order valence-corrected chi connectivity index (χ0v) is 13.4. The summed E-state index contributed by atoms with van der Waals surface area (Å²) in [6.07, 6.45) is 1.83. The molecule has 2 rings (SSSR count). The van der Waals surface area contributed by atoms with Gasteiger partial charge in [-0.05, 0) is 32.0 Å². The van der Waals surface area contributed by atoms with Gasteiger partial charge in [-0.1, -0.05) is 22.0 Å². The number of nitrogens with one attached hydrogen (secondary N) is 1. The normalized spacial score (nSPS) is 11.5. The highest BCUT2D eigenvalue weighted by Crippen LogP contribution is 2.21. The highest BCUT2D eigenvalue weighted by molar-refractivity contribution is 9.10. The van der Waals surface area contributed by atoms with Gasteiger partial charge in [-0.15, -0.1) is 11.3 Å². The second-order valence-electron chi connectivity index (χ2n) is 4.69. The fourth-order valence-corrected chi connectivity index (χ4v) is 2.81. The smallest absolute Gasteiger partial charge is 0.120 e. The van der Waals surface area contributed by atoms with Gasteiger partial charge in [-0.2, -0.15) is 0 Å². The summed E-state index contributed by atoms with van der Waals surface area (Å²) in [5, 5.41) is 6.55. The molecule has 19 heavy (non-hydrogen) atoms. The molecule has 0 aliphatic carbocycles. The zero-order valence-electron chi connectivity index (χ0n) is 11.0. The number of aromatic nitrogens is 1. The Labute approximate surface area is 126 Å². The van der Waals surface area contributed by atoms with E-state index in [0.717, 1.165) is 21.8 Å². The fraction of sp³-hybridized carbons (Fsp3) is 0.357. The summed E-state index contributed by atoms with van der Waals surface area (Å²) in [5.74, 6) is 0.878. The molecule has 5 heteroatoms. The van der Waals surface area contributed by atoms with E-state index in [-0.39, 0.29) is 5.54 Å². The van der Waals surface area contributed by atoms with Gasteiger partial charge in [0.2, 0.25) is 0 Å². The Morgan fingerprint density at radius 2 is 2.26 bits per heavy atom. The van der Waals surface area contributed by atoms with Crippen molar-refractivity contribution in [1.82, 2.24) is 10.3 Å². The number of thiazole rings is 1. The molecule has 0 radical (unpaired) electrons. The molecule has 1 heterocycles. The number of ether oxygens (including phenoxy) is 1. The molecule has 0 atom stereocenters. The van der Waals surface area contributed by atoms with Crippen LogP contribution in [-0.2, 0) is 5.54 Å². The van der Waals surface area contributed by atoms with E-state index in [1.54, 1.807) is 11.3 Å². The van der Waals surface area contributed by atoms with E-state index in [9.17, 15) is 0 Å². The average molecular weight is 341 g/mol. The molecule has 0 bridgehead atoms. The van der Waals surface area contributed by atoms with Crippen molar-refractivity contribution in [1.29, 1.82) is 0 Å². The molecule has 0 amide bonds. The maximum Gasteiger partial charge on any atom is 0.120 e. The summed E-state index contributed by atoms with van der Waals surface area (Å²) < 4.78 is 6.72. The summed E-state index contributed by atoms with van der Waals surface area (Å²) >= 11 is 5.09. The minimum atomic E-state index is -0.116. The molecule has 0 aliphatic rings. The average Bonchev–Trinajstić information content (AvgIpc) is 2.89. The van der Waals surface area contributed by atoms with E-state index < -0.39 is 0 Å². The summed E-state index contributed by atoms with van der Waals surface area (Å²) in [5.41, 5.74) is -0.116. The Bertz CT molecular complexity index is 514. The van der Waals surface area contributed by atoms with Gasteiger partial charge in [0.05, 0.1) is 5.54 Å². The molecular weight excluding hydrogens is 324 g/mol. The second kappa shape index (κ2) is 6.50. The molecule has 1 aromatic carbocycles. The first-order chi connectivity index (χ1) is 9.08. The lowest BCUT2D eigenvalue weighted by molar-refractivity contribution is 0.285. The minimum Gasteiger partial charge on any atom is -0.492 e. The Morgan fingerprint density at radius 3 is 2.95 bits per heavy atom. The first kappa shape index (κ1) is 14.5. The number of halogens is 1. The first-order valence-corrected chi connectivity index (χ1v) is 7.78. The molecule has 3 nitrogen and oxygen atoms in total. The topological polar surface area (TPSA) is 34.1 Å². The predicted octanol–water partition coefficient (Wildman–Crippen LogP) is 3.81. The van der Waals surface area contributed by atoms with Crippen LogP contribution in [0.1, 0.15) is 18.9 Å². The maximum atomic E-state index is 5.69. The quantitative estimate of drug-likeness (QED) is 0.812. The highest BCUT2D eigenvalue weighted by atomic mass is 79.9. The van der Waals surface area contributed by atoms with Crippen LogP contribution in [0.25, 0.3) is 0 Å². The van der Waals surface area contributed by atoms with Gasteiger partial charge in [0.15, 0.2) is 0 Å². The van der Waals surface area contributed by atoms with E-state index >= 15 is 0 Å². The molecule has 2 aromatic rings. The lowest BCUT2D eigenvalue weighted by atomic mass is 10.1. The Hall–Kier alpha value is -0.910. The number of nitrogens with zero attached hydrogens (tertiary/aromatic N) is 1. The van der Waals surface area contributed by atoms with Crippen LogP contribution in [0.3, 0.4) is 0 Å². The summed E-state index contributed by atoms with van der Waals surface area (Å²) in [4.78, 5) is 4.35. The Kier molecular flexibility index (Phi) is 4.96. The molecule has 0 saturated carbocycles. The van der Waals surface area contributed by atoms with Crippen molar-refractivity contribution < 1.29 is 4.74 Å². The van der Waals surface area contributed by atoms with Gasteiger partial charge in [-0.25, -0.2) is 4.98 Å². The predicted molar refractivity (Wildman–Crippen MR) is 82.8 cm³/mol. The molecule has 0 spiro atoms. The third-order valence-corrected chi connectivity index (χ3v) is 4.29. The van der Waals surface area contributed by atoms with Gasteiger partial charge < -0.3 is 10.1 Å². The first-order valence-electron chi connectivity index (χ1n) is 6.11. The molecule has 0 fully saturated rings. The largest absolute Gasteiger partial charge is 0.492 e. The Balaban J connectivity index is 1.78. The van der Waals surface area contributed by atoms with E-state index in [0.29, 0.717) is 6.61 Å². The third kappa shape index (κ3) is 4.30. The SMILES string of the molecule is CC(C)(NCCOc1cccc(Br)c1)c1nccs1. The van der Waals surface area contributed by atoms with Crippen molar-refractivity contribution in [3.63, 3.8) is 0 Å². The number of hydrogen-bond acceptors (Lipinski definition) is 4. The number of rotatable bonds is 6. The van der Waals surface area contributed by atoms with E-state index in [1.165, 1.54) is 0 Å². The molecule has 1 aromatic heterocycles. The monoisotopic (exact) mass is 340 g/mol.